The number of hydrogen-bond acceptors (Lipinski definition) is 19. The molecule has 14 amide bonds. The van der Waals surface area contributed by atoms with Gasteiger partial charge in [0.1, 0.15) is 54.1 Å². The Bertz CT molecular complexity index is 2730. The fraction of sp³-hybridized carbons (Fsp3) is 0.500. The number of unbranched alkanes of at least 4 members (excludes halogenated alkanes) is 1. The maximum Gasteiger partial charge on any atom is 0.246 e. The molecule has 2 aromatic carbocycles. The molecule has 85 heavy (non-hydrogen) atoms. The Hall–Kier alpha value is -8.56. The minimum Gasteiger partial charge on any atom is -0.508 e. The van der Waals surface area contributed by atoms with Gasteiger partial charge in [-0.1, -0.05) is 64.1 Å². The Morgan fingerprint density at radius 1 is 0.624 bits per heavy atom. The van der Waals surface area contributed by atoms with Crippen molar-refractivity contribution in [3.8, 4) is 5.75 Å². The summed E-state index contributed by atoms with van der Waals surface area (Å²) in [4.78, 5) is 190. The Labute approximate surface area is 496 Å². The molecule has 2 aliphatic heterocycles. The SMILES string of the molecule is NCCCC[C@H](NC(=O)[C@@H]1CCCN1C(=O)[C@@H]1CSSC[C@H](NC(=O)CNC(=O)CNC(=O)CN)C(=O)N[C@@H](Cc2ccc(O)cc2)C(=O)N[C@H](Cc2ccccc2)C(=O)N[C@@H](CCC(N)=O)C(=O)N[C@@H](CC(N)=O)C(=O)N1)C(=O)NCC(N)=O. The Kier molecular flexibility index (Phi) is 28.8. The van der Waals surface area contributed by atoms with Gasteiger partial charge in [0.15, 0.2) is 0 Å². The van der Waals surface area contributed by atoms with E-state index in [1.165, 1.54) is 24.3 Å². The number of nitrogens with zero attached hydrogens (tertiary/aromatic N) is 1. The van der Waals surface area contributed by atoms with Crippen LogP contribution in [-0.2, 0) is 80.0 Å². The van der Waals surface area contributed by atoms with Crippen molar-refractivity contribution in [1.82, 2.24) is 58.1 Å². The molecule has 2 saturated heterocycles. The quantitative estimate of drug-likeness (QED) is 0.0324. The number of amides is 14. The van der Waals surface area contributed by atoms with Gasteiger partial charge < -0.3 is 91.8 Å². The third-order valence-electron chi connectivity index (χ3n) is 13.0. The van der Waals surface area contributed by atoms with Crippen LogP contribution in [-0.4, -0.2) is 192 Å². The third kappa shape index (κ3) is 24.3. The normalized spacial score (nSPS) is 21.2. The number of primary amides is 3. The predicted octanol–water partition coefficient (Wildman–Crippen LogP) is -6.98. The monoisotopic (exact) mass is 1230 g/mol. The van der Waals surface area contributed by atoms with Crippen molar-refractivity contribution in [3.63, 3.8) is 0 Å². The molecule has 0 spiro atoms. The Morgan fingerprint density at radius 2 is 1.20 bits per heavy atom. The summed E-state index contributed by atoms with van der Waals surface area (Å²) in [6.07, 6.45) is -1.13. The molecule has 2 fully saturated rings. The lowest BCUT2D eigenvalue weighted by atomic mass is 10.0. The van der Waals surface area contributed by atoms with E-state index in [1.807, 2.05) is 0 Å². The van der Waals surface area contributed by atoms with Crippen molar-refractivity contribution < 1.29 is 72.2 Å². The highest BCUT2D eigenvalue weighted by Crippen LogP contribution is 2.26. The summed E-state index contributed by atoms with van der Waals surface area (Å²) in [5, 5.41) is 34.8. The largest absolute Gasteiger partial charge is 0.508 e. The van der Waals surface area contributed by atoms with E-state index in [9.17, 15) is 72.2 Å². The van der Waals surface area contributed by atoms with Crippen LogP contribution in [0.1, 0.15) is 62.5 Å². The maximum absolute atomic E-state index is 14.8. The minimum absolute atomic E-state index is 0.0517. The van der Waals surface area contributed by atoms with Crippen molar-refractivity contribution in [3.05, 3.63) is 65.7 Å². The molecule has 2 aliphatic rings. The van der Waals surface area contributed by atoms with E-state index in [1.54, 1.807) is 30.3 Å². The molecule has 0 bridgehead atoms. The Balaban J connectivity index is 1.81. The molecule has 0 unspecified atom stereocenters. The second-order valence-corrected chi connectivity index (χ2v) is 22.3. The zero-order chi connectivity index (χ0) is 62.6. The van der Waals surface area contributed by atoms with Crippen LogP contribution in [0.2, 0.25) is 0 Å². The second-order valence-electron chi connectivity index (χ2n) is 19.7. The van der Waals surface area contributed by atoms with E-state index >= 15 is 0 Å². The number of phenolic OH excluding ortho intramolecular Hbond substituents is 1. The summed E-state index contributed by atoms with van der Waals surface area (Å²) in [5.74, 6) is -13.8. The summed E-state index contributed by atoms with van der Waals surface area (Å²) in [6, 6.07) is 1.48. The fourth-order valence-electron chi connectivity index (χ4n) is 8.62. The van der Waals surface area contributed by atoms with E-state index in [0.717, 1.165) is 26.5 Å². The van der Waals surface area contributed by atoms with Crippen molar-refractivity contribution >= 4 is 104 Å². The highest BCUT2D eigenvalue weighted by molar-refractivity contribution is 8.76. The standard InChI is InChI=1S/C52H74N16O15S2/c53-17-5-4-9-31(45(76)60-23-41(57)72)63-51(82)38-10-6-18-68(38)52(83)37-27-85-84-26-36(61-44(75)25-59-43(74)24-58-42(73)22-54)50(81)65-34(20-29-11-13-30(69)14-12-29)48(79)64-33(19-28-7-2-1-3-8-28)47(78)62-32(15-16-39(55)70)46(77)66-35(21-40(56)71)49(80)67-37/h1-3,7-8,11-14,31-38,69H,4-6,9-10,15-27,53-54H2,(H2,55,70)(H2,56,71)(H2,57,72)(H,58,73)(H,59,74)(H,60,76)(H,61,75)(H,62,78)(H,63,82)(H,64,79)(H,65,81)(H,66,77)(H,67,80)/t31-,32-,33+,34-,35-,36-,37-,38-/m0/s1. The van der Waals surface area contributed by atoms with E-state index in [-0.39, 0.29) is 56.7 Å². The highest BCUT2D eigenvalue weighted by Gasteiger charge is 2.41. The van der Waals surface area contributed by atoms with E-state index < -0.39 is 182 Å². The average molecular weight is 1230 g/mol. The van der Waals surface area contributed by atoms with Crippen LogP contribution in [0.4, 0.5) is 0 Å². The second kappa shape index (κ2) is 35.5. The highest BCUT2D eigenvalue weighted by atomic mass is 33.1. The van der Waals surface area contributed by atoms with E-state index in [0.29, 0.717) is 24.0 Å². The van der Waals surface area contributed by atoms with E-state index in [2.05, 4.69) is 53.2 Å². The number of carbonyl (C=O) groups excluding carboxylic acids is 14. The molecule has 0 radical (unpaired) electrons. The molecule has 8 atom stereocenters. The van der Waals surface area contributed by atoms with Gasteiger partial charge in [0, 0.05) is 37.3 Å². The van der Waals surface area contributed by atoms with Gasteiger partial charge in [-0.15, -0.1) is 0 Å². The molecule has 2 heterocycles. The number of hydrogen-bond donors (Lipinski definition) is 16. The van der Waals surface area contributed by atoms with Gasteiger partial charge in [-0.05, 0) is 68.3 Å². The predicted molar refractivity (Wildman–Crippen MR) is 308 cm³/mol. The van der Waals surface area contributed by atoms with Crippen molar-refractivity contribution in [2.75, 3.05) is 50.8 Å². The van der Waals surface area contributed by atoms with Crippen molar-refractivity contribution in [1.29, 1.82) is 0 Å². The van der Waals surface area contributed by atoms with Crippen LogP contribution in [0.5, 0.6) is 5.75 Å². The van der Waals surface area contributed by atoms with Crippen LogP contribution in [0.15, 0.2) is 54.6 Å². The van der Waals surface area contributed by atoms with Gasteiger partial charge in [0.25, 0.3) is 0 Å². The molecule has 0 aromatic heterocycles. The lowest BCUT2D eigenvalue weighted by Gasteiger charge is -2.31. The van der Waals surface area contributed by atoms with E-state index in [4.69, 9.17) is 28.7 Å². The van der Waals surface area contributed by atoms with Gasteiger partial charge in [0.05, 0.1) is 32.6 Å². The summed E-state index contributed by atoms with van der Waals surface area (Å²) < 4.78 is 0. The topological polar surface area (TPSA) is 513 Å². The van der Waals surface area contributed by atoms with Gasteiger partial charge >= 0.3 is 0 Å². The number of phenols is 1. The molecule has 0 aliphatic carbocycles. The summed E-state index contributed by atoms with van der Waals surface area (Å²) in [6.45, 7) is -2.01. The first-order valence-corrected chi connectivity index (χ1v) is 29.5. The lowest BCUT2D eigenvalue weighted by Crippen LogP contribution is -2.61. The van der Waals surface area contributed by atoms with Crippen LogP contribution in [0.3, 0.4) is 0 Å². The van der Waals surface area contributed by atoms with Gasteiger partial charge in [-0.3, -0.25) is 67.1 Å². The maximum atomic E-state index is 14.8. The van der Waals surface area contributed by atoms with Crippen molar-refractivity contribution in [2.45, 2.75) is 113 Å². The molecule has 33 heteroatoms. The molecule has 0 saturated carbocycles. The number of carbonyl (C=O) groups is 14. The number of rotatable bonds is 25. The number of nitrogens with two attached hydrogens (primary N) is 5. The minimum atomic E-state index is -1.87. The molecular weight excluding hydrogens is 1150 g/mol. The van der Waals surface area contributed by atoms with Crippen LogP contribution in [0.25, 0.3) is 0 Å². The molecule has 464 valence electrons. The van der Waals surface area contributed by atoms with Crippen LogP contribution < -0.4 is 81.8 Å². The molecule has 21 N–H and O–H groups in total. The van der Waals surface area contributed by atoms with Gasteiger partial charge in [-0.25, -0.2) is 0 Å². The lowest BCUT2D eigenvalue weighted by molar-refractivity contribution is -0.142. The smallest absolute Gasteiger partial charge is 0.246 e. The van der Waals surface area contributed by atoms with Crippen LogP contribution in [0, 0.1) is 0 Å². The zero-order valence-corrected chi connectivity index (χ0v) is 48.0. The third-order valence-corrected chi connectivity index (χ3v) is 15.4. The first-order valence-electron chi connectivity index (χ1n) is 27.0. The molecular formula is C52H74N16O15S2. The summed E-state index contributed by atoms with van der Waals surface area (Å²) in [7, 11) is 1.73. The number of benzene rings is 2. The molecule has 4 rings (SSSR count). The van der Waals surface area contributed by atoms with Crippen LogP contribution >= 0.6 is 21.6 Å². The number of nitrogens with one attached hydrogen (secondary N) is 10. The average Bonchev–Trinajstić information content (AvgIpc) is 4.23. The molecule has 31 nitrogen and oxygen atoms in total. The molecule has 2 aromatic rings. The first-order chi connectivity index (χ1) is 40.5. The number of likely N-dealkylation sites (tertiary alicyclic amines) is 1. The first kappa shape index (κ1) is 68.9. The van der Waals surface area contributed by atoms with Gasteiger partial charge in [-0.2, -0.15) is 0 Å². The van der Waals surface area contributed by atoms with Gasteiger partial charge in [0.2, 0.25) is 82.7 Å². The zero-order valence-electron chi connectivity index (χ0n) is 46.4. The summed E-state index contributed by atoms with van der Waals surface area (Å²) >= 11 is 0. The van der Waals surface area contributed by atoms with Crippen molar-refractivity contribution in [2.24, 2.45) is 28.7 Å². The Morgan fingerprint density at radius 3 is 1.82 bits per heavy atom. The number of aromatic hydroxyl groups is 1. The fourth-order valence-corrected chi connectivity index (χ4v) is 10.9. The summed E-state index contributed by atoms with van der Waals surface area (Å²) in [5.41, 5.74) is 28.1.